The van der Waals surface area contributed by atoms with Gasteiger partial charge >= 0.3 is 0 Å². The summed E-state index contributed by atoms with van der Waals surface area (Å²) in [6, 6.07) is 6.41. The first-order valence-corrected chi connectivity index (χ1v) is 10.8. The molecule has 1 amide bonds. The van der Waals surface area contributed by atoms with Crippen LogP contribution in [0.15, 0.2) is 41.2 Å². The molecule has 1 atom stereocenters. The van der Waals surface area contributed by atoms with Gasteiger partial charge in [-0.05, 0) is 41.3 Å². The summed E-state index contributed by atoms with van der Waals surface area (Å²) < 4.78 is 0. The Morgan fingerprint density at radius 3 is 2.57 bits per heavy atom. The predicted molar refractivity (Wildman–Crippen MR) is 115 cm³/mol. The number of rotatable bonds is 5. The minimum Gasteiger partial charge on any atom is -0.512 e. The van der Waals surface area contributed by atoms with Gasteiger partial charge in [-0.1, -0.05) is 13.0 Å². The van der Waals surface area contributed by atoms with Gasteiger partial charge in [-0.15, -0.1) is 0 Å². The Balaban J connectivity index is 1.44. The van der Waals surface area contributed by atoms with Gasteiger partial charge in [0.15, 0.2) is 0 Å². The molecule has 2 aliphatic heterocycles. The summed E-state index contributed by atoms with van der Waals surface area (Å²) in [7, 11) is 0. The van der Waals surface area contributed by atoms with Crippen LogP contribution in [0.25, 0.3) is 0 Å². The average Bonchev–Trinajstić information content (AvgIpc) is 3.18. The van der Waals surface area contributed by atoms with Gasteiger partial charge in [-0.3, -0.25) is 9.69 Å². The van der Waals surface area contributed by atoms with Gasteiger partial charge in [-0.25, -0.2) is 0 Å². The van der Waals surface area contributed by atoms with E-state index in [9.17, 15) is 15.0 Å². The number of piperazine rings is 1. The molecule has 3 aliphatic rings. The molecule has 4 rings (SSSR count). The van der Waals surface area contributed by atoms with E-state index in [-0.39, 0.29) is 24.7 Å². The van der Waals surface area contributed by atoms with Crippen LogP contribution in [0.3, 0.4) is 0 Å². The lowest BCUT2D eigenvalue weighted by Crippen LogP contribution is -2.47. The highest BCUT2D eigenvalue weighted by molar-refractivity contribution is 5.95. The van der Waals surface area contributed by atoms with E-state index in [1.807, 2.05) is 6.92 Å². The van der Waals surface area contributed by atoms with Crippen LogP contribution in [0.5, 0.6) is 0 Å². The summed E-state index contributed by atoms with van der Waals surface area (Å²) in [6.07, 6.45) is 1.44. The number of carbonyl (C=O) groups is 1. The third-order valence-electron chi connectivity index (χ3n) is 6.43. The lowest BCUT2D eigenvalue weighted by molar-refractivity contribution is -0.128. The lowest BCUT2D eigenvalue weighted by Gasteiger charge is -2.36. The van der Waals surface area contributed by atoms with Crippen molar-refractivity contribution in [1.29, 1.82) is 0 Å². The van der Waals surface area contributed by atoms with Gasteiger partial charge in [0, 0.05) is 63.5 Å². The first-order valence-electron chi connectivity index (χ1n) is 10.8. The second-order valence-corrected chi connectivity index (χ2v) is 8.31. The van der Waals surface area contributed by atoms with E-state index in [0.29, 0.717) is 25.1 Å². The third-order valence-corrected chi connectivity index (χ3v) is 6.43. The first kappa shape index (κ1) is 20.9. The summed E-state index contributed by atoms with van der Waals surface area (Å²) in [5.74, 6) is 0.0197. The van der Waals surface area contributed by atoms with Gasteiger partial charge in [0.2, 0.25) is 0 Å². The number of aliphatic hydroxyl groups is 3. The van der Waals surface area contributed by atoms with Crippen molar-refractivity contribution < 1.29 is 20.1 Å². The van der Waals surface area contributed by atoms with Crippen LogP contribution in [0.1, 0.15) is 30.9 Å². The van der Waals surface area contributed by atoms with Crippen LogP contribution in [-0.2, 0) is 17.9 Å². The molecule has 0 spiro atoms. The van der Waals surface area contributed by atoms with Crippen molar-refractivity contribution in [3.8, 4) is 0 Å². The number of hydrogen-bond acceptors (Lipinski definition) is 6. The molecule has 1 saturated heterocycles. The van der Waals surface area contributed by atoms with Crippen molar-refractivity contribution in [2.45, 2.75) is 39.0 Å². The second kappa shape index (κ2) is 8.79. The topological polar surface area (TPSA) is 87.5 Å². The molecule has 2 heterocycles. The lowest BCUT2D eigenvalue weighted by atomic mass is 9.93. The zero-order chi connectivity index (χ0) is 21.3. The number of amides is 1. The average molecular weight is 414 g/mol. The van der Waals surface area contributed by atoms with Crippen LogP contribution in [0, 0.1) is 0 Å². The van der Waals surface area contributed by atoms with E-state index in [1.165, 1.54) is 5.69 Å². The number of benzene rings is 1. The van der Waals surface area contributed by atoms with E-state index in [0.717, 1.165) is 49.4 Å². The molecule has 0 radical (unpaired) electrons. The van der Waals surface area contributed by atoms with Gasteiger partial charge in [-0.2, -0.15) is 0 Å². The van der Waals surface area contributed by atoms with E-state index >= 15 is 0 Å². The van der Waals surface area contributed by atoms with Crippen molar-refractivity contribution in [2.75, 3.05) is 44.2 Å². The normalized spacial score (nSPS) is 22.4. The van der Waals surface area contributed by atoms with E-state index in [4.69, 9.17) is 5.11 Å². The fourth-order valence-corrected chi connectivity index (χ4v) is 4.58. The smallest absolute Gasteiger partial charge is 0.253 e. The number of β-amino-alcohol motifs (C(OH)–C–C–N with tert-alkyl or cyclic N) is 1. The van der Waals surface area contributed by atoms with Crippen LogP contribution < -0.4 is 4.90 Å². The number of carbonyl (C=O) groups excluding carboxylic acids is 1. The third kappa shape index (κ3) is 4.10. The highest BCUT2D eigenvalue weighted by atomic mass is 16.3. The van der Waals surface area contributed by atoms with E-state index in [2.05, 4.69) is 28.0 Å². The molecule has 0 aromatic heterocycles. The Bertz CT molecular complexity index is 871. The van der Waals surface area contributed by atoms with Crippen LogP contribution >= 0.6 is 0 Å². The Hall–Kier alpha value is -2.35. The summed E-state index contributed by atoms with van der Waals surface area (Å²) in [5.41, 5.74) is 4.56. The monoisotopic (exact) mass is 413 g/mol. The Kier molecular flexibility index (Phi) is 6.13. The molecular weight excluding hydrogens is 382 g/mol. The number of aliphatic hydroxyl groups excluding tert-OH is 3. The van der Waals surface area contributed by atoms with E-state index < -0.39 is 6.10 Å². The van der Waals surface area contributed by atoms with Gasteiger partial charge in [0.25, 0.3) is 5.91 Å². The minimum atomic E-state index is -0.956. The van der Waals surface area contributed by atoms with E-state index in [1.54, 1.807) is 11.0 Å². The van der Waals surface area contributed by atoms with Crippen molar-refractivity contribution in [3.63, 3.8) is 0 Å². The van der Waals surface area contributed by atoms with Crippen molar-refractivity contribution in [1.82, 2.24) is 9.80 Å². The van der Waals surface area contributed by atoms with Crippen molar-refractivity contribution in [2.24, 2.45) is 0 Å². The molecule has 30 heavy (non-hydrogen) atoms. The molecule has 162 valence electrons. The molecule has 1 fully saturated rings. The van der Waals surface area contributed by atoms with Crippen LogP contribution in [-0.4, -0.2) is 76.5 Å². The second-order valence-electron chi connectivity index (χ2n) is 8.31. The standard InChI is InChI=1S/C23H31N3O4/c1-2-16-12-20(22(29)13-21(16)28)23(30)26-14-17-3-4-19(11-18(17)15-26)25-7-5-24(6-8-25)9-10-27/h3-4,11-12,22,27-29H,2,5-10,13-15H2,1H3. The molecule has 0 saturated carbocycles. The Morgan fingerprint density at radius 2 is 1.87 bits per heavy atom. The molecule has 1 aromatic rings. The van der Waals surface area contributed by atoms with Gasteiger partial charge in [0.1, 0.15) is 0 Å². The molecule has 3 N–H and O–H groups in total. The maximum Gasteiger partial charge on any atom is 0.253 e. The largest absolute Gasteiger partial charge is 0.512 e. The van der Waals surface area contributed by atoms with Crippen LogP contribution in [0.2, 0.25) is 0 Å². The first-order chi connectivity index (χ1) is 14.5. The van der Waals surface area contributed by atoms with Gasteiger partial charge in [0.05, 0.1) is 18.5 Å². The molecule has 1 unspecified atom stereocenters. The Labute approximate surface area is 177 Å². The maximum atomic E-state index is 13.1. The molecule has 1 aromatic carbocycles. The number of allylic oxidation sites excluding steroid dienone is 2. The zero-order valence-electron chi connectivity index (χ0n) is 17.5. The van der Waals surface area contributed by atoms with Gasteiger partial charge < -0.3 is 25.1 Å². The summed E-state index contributed by atoms with van der Waals surface area (Å²) in [4.78, 5) is 19.5. The molecule has 7 heteroatoms. The number of anilines is 1. The highest BCUT2D eigenvalue weighted by Crippen LogP contribution is 2.31. The SMILES string of the molecule is CCC1=C(O)CC(O)C(C(=O)N2Cc3ccc(N4CCN(CCO)CC4)cc3C2)=C1. The number of fused-ring (bicyclic) bond motifs is 1. The Morgan fingerprint density at radius 1 is 1.13 bits per heavy atom. The zero-order valence-corrected chi connectivity index (χ0v) is 17.5. The maximum absolute atomic E-state index is 13.1. The summed E-state index contributed by atoms with van der Waals surface area (Å²) in [5, 5.41) is 29.4. The van der Waals surface area contributed by atoms with Crippen LogP contribution in [0.4, 0.5) is 5.69 Å². The highest BCUT2D eigenvalue weighted by Gasteiger charge is 2.32. The number of hydrogen-bond donors (Lipinski definition) is 3. The summed E-state index contributed by atoms with van der Waals surface area (Å²) in [6.45, 7) is 7.66. The molecule has 0 bridgehead atoms. The molecule has 1 aliphatic carbocycles. The molecular formula is C23H31N3O4. The van der Waals surface area contributed by atoms with Crippen molar-refractivity contribution >= 4 is 11.6 Å². The quantitative estimate of drug-likeness (QED) is 0.679. The molecule has 7 nitrogen and oxygen atoms in total. The fraction of sp³-hybridized carbons (Fsp3) is 0.522. The predicted octanol–water partition coefficient (Wildman–Crippen LogP) is 1.56. The minimum absolute atomic E-state index is 0.105. The number of nitrogens with zero attached hydrogens (tertiary/aromatic N) is 3. The fourth-order valence-electron chi connectivity index (χ4n) is 4.58. The van der Waals surface area contributed by atoms with Crippen molar-refractivity contribution in [3.05, 3.63) is 52.3 Å². The summed E-state index contributed by atoms with van der Waals surface area (Å²) >= 11 is 0.